The van der Waals surface area contributed by atoms with E-state index in [1.807, 2.05) is 48.3 Å². The van der Waals surface area contributed by atoms with Gasteiger partial charge in [-0.2, -0.15) is 5.10 Å². The number of ether oxygens (including phenoxy) is 1. The third kappa shape index (κ3) is 4.85. The summed E-state index contributed by atoms with van der Waals surface area (Å²) in [4.78, 5) is 17.7. The number of piperidine rings is 2. The Kier molecular flexibility index (Phi) is 6.63. The van der Waals surface area contributed by atoms with Crippen molar-refractivity contribution in [3.63, 3.8) is 0 Å². The van der Waals surface area contributed by atoms with Gasteiger partial charge in [-0.1, -0.05) is 42.5 Å². The van der Waals surface area contributed by atoms with Crippen molar-refractivity contribution < 1.29 is 13.9 Å². The summed E-state index contributed by atoms with van der Waals surface area (Å²) in [6.07, 6.45) is 3.77. The van der Waals surface area contributed by atoms with Gasteiger partial charge in [-0.25, -0.2) is 4.39 Å². The molecule has 0 spiro atoms. The highest BCUT2D eigenvalue weighted by molar-refractivity contribution is 5.93. The fraction of sp³-hybridized carbons (Fsp3) is 0.407. The van der Waals surface area contributed by atoms with Gasteiger partial charge in [0.1, 0.15) is 11.8 Å². The number of para-hydroxylation sites is 1. The van der Waals surface area contributed by atoms with Gasteiger partial charge in [0.2, 0.25) is 0 Å². The van der Waals surface area contributed by atoms with E-state index < -0.39 is 0 Å². The van der Waals surface area contributed by atoms with Crippen molar-refractivity contribution in [1.82, 2.24) is 19.6 Å². The predicted molar refractivity (Wildman–Crippen MR) is 129 cm³/mol. The maximum atomic E-state index is 13.9. The Balaban J connectivity index is 1.13. The second-order valence-corrected chi connectivity index (χ2v) is 9.21. The largest absolute Gasteiger partial charge is 0.487 e. The van der Waals surface area contributed by atoms with Crippen LogP contribution in [0.5, 0.6) is 5.75 Å². The number of benzene rings is 2. The quantitative estimate of drug-likeness (QED) is 0.565. The minimum Gasteiger partial charge on any atom is -0.487 e. The van der Waals surface area contributed by atoms with Gasteiger partial charge < -0.3 is 9.64 Å². The Morgan fingerprint density at radius 1 is 0.941 bits per heavy atom. The number of halogens is 1. The summed E-state index contributed by atoms with van der Waals surface area (Å²) in [6.45, 7) is 3.39. The molecule has 2 saturated heterocycles. The molecule has 3 heterocycles. The molecular formula is C27H31FN4O2. The number of aromatic nitrogens is 2. The molecule has 0 N–H and O–H groups in total. The van der Waals surface area contributed by atoms with Crippen LogP contribution >= 0.6 is 0 Å². The molecule has 0 saturated carbocycles. The van der Waals surface area contributed by atoms with Crippen LogP contribution in [0.25, 0.3) is 11.3 Å². The normalized spacial score (nSPS) is 18.2. The minimum atomic E-state index is -0.300. The lowest BCUT2D eigenvalue weighted by atomic mass is 9.98. The topological polar surface area (TPSA) is 50.6 Å². The standard InChI is InChI=1S/C27H31FN4O2/c1-30-25(19-24(29-30)20-7-3-2-4-8-20)27(33)32-15-11-21(12-16-32)31-17-13-22(14-18-31)34-26-10-6-5-9-23(26)28/h2-10,19,21-22H,11-18H2,1H3. The van der Waals surface area contributed by atoms with Gasteiger partial charge in [0, 0.05) is 44.8 Å². The first-order valence-electron chi connectivity index (χ1n) is 12.1. The molecule has 3 aromatic rings. The summed E-state index contributed by atoms with van der Waals surface area (Å²) in [5.41, 5.74) is 2.46. The molecule has 1 amide bonds. The van der Waals surface area contributed by atoms with Gasteiger partial charge in [-0.15, -0.1) is 0 Å². The maximum absolute atomic E-state index is 13.9. The summed E-state index contributed by atoms with van der Waals surface area (Å²) in [7, 11) is 1.83. The molecule has 2 aliphatic rings. The van der Waals surface area contributed by atoms with Crippen LogP contribution in [0.3, 0.4) is 0 Å². The Morgan fingerprint density at radius 3 is 2.32 bits per heavy atom. The molecule has 2 aliphatic heterocycles. The highest BCUT2D eigenvalue weighted by Gasteiger charge is 2.31. The number of rotatable bonds is 5. The van der Waals surface area contributed by atoms with E-state index in [1.165, 1.54) is 6.07 Å². The zero-order valence-corrected chi connectivity index (χ0v) is 19.6. The van der Waals surface area contributed by atoms with Crippen LogP contribution in [0.4, 0.5) is 4.39 Å². The van der Waals surface area contributed by atoms with E-state index in [4.69, 9.17) is 4.74 Å². The van der Waals surface area contributed by atoms with Crippen LogP contribution < -0.4 is 4.74 Å². The Labute approximate surface area is 199 Å². The van der Waals surface area contributed by atoms with E-state index >= 15 is 0 Å². The lowest BCUT2D eigenvalue weighted by molar-refractivity contribution is 0.0412. The molecule has 2 aromatic carbocycles. The van der Waals surface area contributed by atoms with Crippen LogP contribution in [-0.2, 0) is 7.05 Å². The highest BCUT2D eigenvalue weighted by atomic mass is 19.1. The van der Waals surface area contributed by atoms with Crippen molar-refractivity contribution >= 4 is 5.91 Å². The number of likely N-dealkylation sites (tertiary alicyclic amines) is 2. The van der Waals surface area contributed by atoms with Crippen molar-refractivity contribution in [3.8, 4) is 17.0 Å². The van der Waals surface area contributed by atoms with Crippen LogP contribution in [0, 0.1) is 5.82 Å². The first kappa shape index (κ1) is 22.6. The number of carbonyl (C=O) groups is 1. The number of amides is 1. The van der Waals surface area contributed by atoms with Crippen molar-refractivity contribution in [2.45, 2.75) is 37.8 Å². The van der Waals surface area contributed by atoms with Crippen molar-refractivity contribution in [2.75, 3.05) is 26.2 Å². The average molecular weight is 463 g/mol. The lowest BCUT2D eigenvalue weighted by Gasteiger charge is -2.41. The monoisotopic (exact) mass is 462 g/mol. The highest BCUT2D eigenvalue weighted by Crippen LogP contribution is 2.26. The molecule has 0 radical (unpaired) electrons. The molecule has 6 nitrogen and oxygen atoms in total. The van der Waals surface area contributed by atoms with Gasteiger partial charge in [-0.3, -0.25) is 14.4 Å². The van der Waals surface area contributed by atoms with Gasteiger partial charge in [0.15, 0.2) is 11.6 Å². The number of nitrogens with zero attached hydrogens (tertiary/aromatic N) is 4. The summed E-state index contributed by atoms with van der Waals surface area (Å²) >= 11 is 0. The second-order valence-electron chi connectivity index (χ2n) is 9.21. The molecule has 34 heavy (non-hydrogen) atoms. The first-order chi connectivity index (χ1) is 16.6. The lowest BCUT2D eigenvalue weighted by Crippen LogP contribution is -2.50. The van der Waals surface area contributed by atoms with E-state index in [-0.39, 0.29) is 17.8 Å². The van der Waals surface area contributed by atoms with E-state index in [0.717, 1.165) is 63.1 Å². The average Bonchev–Trinajstić information content (AvgIpc) is 3.28. The van der Waals surface area contributed by atoms with E-state index in [1.54, 1.807) is 22.9 Å². The molecule has 0 unspecified atom stereocenters. The van der Waals surface area contributed by atoms with E-state index in [9.17, 15) is 9.18 Å². The molecular weight excluding hydrogens is 431 g/mol. The van der Waals surface area contributed by atoms with E-state index in [2.05, 4.69) is 10.00 Å². The van der Waals surface area contributed by atoms with Crippen molar-refractivity contribution in [2.24, 2.45) is 7.05 Å². The predicted octanol–water partition coefficient (Wildman–Crippen LogP) is 4.37. The van der Waals surface area contributed by atoms with Gasteiger partial charge in [0.05, 0.1) is 5.69 Å². The fourth-order valence-electron chi connectivity index (χ4n) is 5.09. The fourth-order valence-corrected chi connectivity index (χ4v) is 5.09. The summed E-state index contributed by atoms with van der Waals surface area (Å²) in [6, 6.07) is 18.9. The summed E-state index contributed by atoms with van der Waals surface area (Å²) in [5, 5.41) is 4.55. The molecule has 178 valence electrons. The summed E-state index contributed by atoms with van der Waals surface area (Å²) < 4.78 is 21.5. The first-order valence-corrected chi connectivity index (χ1v) is 12.1. The van der Waals surface area contributed by atoms with Gasteiger partial charge in [0.25, 0.3) is 5.91 Å². The SMILES string of the molecule is Cn1nc(-c2ccccc2)cc1C(=O)N1CCC(N2CCC(Oc3ccccc3F)CC2)CC1. The third-order valence-electron chi connectivity index (χ3n) is 7.04. The molecule has 2 fully saturated rings. The Bertz CT molecular complexity index is 1120. The second kappa shape index (κ2) is 9.97. The smallest absolute Gasteiger partial charge is 0.272 e. The molecule has 1 aromatic heterocycles. The van der Waals surface area contributed by atoms with Crippen molar-refractivity contribution in [3.05, 3.63) is 72.2 Å². The number of carbonyl (C=O) groups excluding carboxylic acids is 1. The molecule has 0 atom stereocenters. The van der Waals surface area contributed by atoms with E-state index in [0.29, 0.717) is 17.5 Å². The van der Waals surface area contributed by atoms with Crippen LogP contribution in [0.1, 0.15) is 36.2 Å². The van der Waals surface area contributed by atoms with Crippen LogP contribution in [-0.4, -0.2) is 63.8 Å². The zero-order chi connectivity index (χ0) is 23.5. The molecule has 0 aliphatic carbocycles. The Hall–Kier alpha value is -3.19. The summed E-state index contributed by atoms with van der Waals surface area (Å²) in [5.74, 6) is 0.0947. The third-order valence-corrected chi connectivity index (χ3v) is 7.04. The van der Waals surface area contributed by atoms with Gasteiger partial charge in [-0.05, 0) is 43.9 Å². The minimum absolute atomic E-state index is 0.0487. The van der Waals surface area contributed by atoms with Crippen LogP contribution in [0.15, 0.2) is 60.7 Å². The molecule has 7 heteroatoms. The zero-order valence-electron chi connectivity index (χ0n) is 19.6. The molecule has 0 bridgehead atoms. The molecule has 5 rings (SSSR count). The number of hydrogen-bond acceptors (Lipinski definition) is 4. The number of aryl methyl sites for hydroxylation is 1. The van der Waals surface area contributed by atoms with Crippen molar-refractivity contribution in [1.29, 1.82) is 0 Å². The number of hydrogen-bond donors (Lipinski definition) is 0. The Morgan fingerprint density at radius 2 is 1.62 bits per heavy atom. The van der Waals surface area contributed by atoms with Gasteiger partial charge >= 0.3 is 0 Å². The van der Waals surface area contributed by atoms with Crippen LogP contribution in [0.2, 0.25) is 0 Å². The maximum Gasteiger partial charge on any atom is 0.272 e.